The molecule has 1 aromatic heterocycles. The number of hydrogen-bond acceptors (Lipinski definition) is 5. The molecule has 0 saturated carbocycles. The molecule has 2 aromatic rings. The van der Waals surface area contributed by atoms with Crippen LogP contribution in [-0.2, 0) is 21.1 Å². The number of carbonyl (C=O) groups is 1. The lowest BCUT2D eigenvalue weighted by Crippen LogP contribution is -2.42. The van der Waals surface area contributed by atoms with Crippen molar-refractivity contribution in [3.63, 3.8) is 0 Å². The maximum atomic E-state index is 12.6. The molecule has 3 rings (SSSR count). The Bertz CT molecular complexity index is 889. The number of benzene rings is 1. The van der Waals surface area contributed by atoms with Gasteiger partial charge in [-0.05, 0) is 57.2 Å². The SMILES string of the molecule is CC(C)(C)S(=O)(=O)CC1CCN(C(=O)Cc2ccc3scnc3c2)CC1. The van der Waals surface area contributed by atoms with Gasteiger partial charge in [0.1, 0.15) is 0 Å². The highest BCUT2D eigenvalue weighted by molar-refractivity contribution is 7.92. The largest absolute Gasteiger partial charge is 0.342 e. The zero-order valence-electron chi connectivity index (χ0n) is 15.6. The smallest absolute Gasteiger partial charge is 0.226 e. The van der Waals surface area contributed by atoms with Crippen molar-refractivity contribution in [2.24, 2.45) is 5.92 Å². The first-order valence-electron chi connectivity index (χ1n) is 8.98. The fourth-order valence-electron chi connectivity index (χ4n) is 3.21. The van der Waals surface area contributed by atoms with Gasteiger partial charge in [0.15, 0.2) is 9.84 Å². The Hall–Kier alpha value is -1.47. The minimum absolute atomic E-state index is 0.108. The molecule has 0 atom stereocenters. The first-order chi connectivity index (χ1) is 12.2. The fraction of sp³-hybridized carbons (Fsp3) is 0.579. The molecular formula is C19H26N2O3S2. The monoisotopic (exact) mass is 394 g/mol. The van der Waals surface area contributed by atoms with Crippen LogP contribution in [0.2, 0.25) is 0 Å². The Labute approximate surface area is 159 Å². The van der Waals surface area contributed by atoms with Crippen molar-refractivity contribution >= 4 is 37.3 Å². The number of thiazole rings is 1. The second-order valence-corrected chi connectivity index (χ2v) is 11.7. The lowest BCUT2D eigenvalue weighted by molar-refractivity contribution is -0.131. The van der Waals surface area contributed by atoms with Crippen LogP contribution < -0.4 is 0 Å². The molecule has 1 saturated heterocycles. The van der Waals surface area contributed by atoms with Gasteiger partial charge in [0.2, 0.25) is 5.91 Å². The van der Waals surface area contributed by atoms with E-state index in [2.05, 4.69) is 4.98 Å². The Morgan fingerprint density at radius 3 is 2.62 bits per heavy atom. The normalized spacial score (nSPS) is 17.0. The van der Waals surface area contributed by atoms with E-state index in [0.29, 0.717) is 19.5 Å². The molecule has 1 aliphatic heterocycles. The average molecular weight is 395 g/mol. The molecule has 1 amide bonds. The van der Waals surface area contributed by atoms with E-state index in [1.54, 1.807) is 32.1 Å². The van der Waals surface area contributed by atoms with Crippen molar-refractivity contribution in [3.8, 4) is 0 Å². The van der Waals surface area contributed by atoms with Crippen molar-refractivity contribution in [2.75, 3.05) is 18.8 Å². The maximum absolute atomic E-state index is 12.6. The second-order valence-electron chi connectivity index (χ2n) is 8.05. The number of carbonyl (C=O) groups excluding carboxylic acids is 1. The summed E-state index contributed by atoms with van der Waals surface area (Å²) in [6, 6.07) is 5.98. The highest BCUT2D eigenvalue weighted by Gasteiger charge is 2.33. The van der Waals surface area contributed by atoms with Crippen molar-refractivity contribution < 1.29 is 13.2 Å². The van der Waals surface area contributed by atoms with Crippen LogP contribution in [0.3, 0.4) is 0 Å². The van der Waals surface area contributed by atoms with E-state index < -0.39 is 14.6 Å². The number of amides is 1. The number of aromatic nitrogens is 1. The third-order valence-electron chi connectivity index (χ3n) is 5.11. The van der Waals surface area contributed by atoms with Crippen LogP contribution in [0.4, 0.5) is 0 Å². The number of fused-ring (bicyclic) bond motifs is 1. The zero-order valence-corrected chi connectivity index (χ0v) is 17.2. The van der Waals surface area contributed by atoms with Crippen molar-refractivity contribution in [3.05, 3.63) is 29.3 Å². The van der Waals surface area contributed by atoms with Crippen LogP contribution >= 0.6 is 11.3 Å². The van der Waals surface area contributed by atoms with Crippen molar-refractivity contribution in [1.82, 2.24) is 9.88 Å². The lowest BCUT2D eigenvalue weighted by Gasteiger charge is -2.33. The van der Waals surface area contributed by atoms with Gasteiger partial charge in [0.25, 0.3) is 0 Å². The van der Waals surface area contributed by atoms with E-state index >= 15 is 0 Å². The number of nitrogens with zero attached hydrogens (tertiary/aromatic N) is 2. The van der Waals surface area contributed by atoms with Gasteiger partial charge >= 0.3 is 0 Å². The molecule has 7 heteroatoms. The molecule has 0 aliphatic carbocycles. The van der Waals surface area contributed by atoms with E-state index in [4.69, 9.17) is 0 Å². The van der Waals surface area contributed by atoms with E-state index in [9.17, 15) is 13.2 Å². The number of rotatable bonds is 4. The summed E-state index contributed by atoms with van der Waals surface area (Å²) in [5, 5.41) is 0. The predicted molar refractivity (Wildman–Crippen MR) is 106 cm³/mol. The average Bonchev–Trinajstić information content (AvgIpc) is 3.01. The summed E-state index contributed by atoms with van der Waals surface area (Å²) in [6.45, 7) is 6.53. The number of likely N-dealkylation sites (tertiary alicyclic amines) is 1. The second kappa shape index (κ2) is 7.27. The van der Waals surface area contributed by atoms with Crippen LogP contribution in [0.15, 0.2) is 23.7 Å². The van der Waals surface area contributed by atoms with Crippen LogP contribution in [0.25, 0.3) is 10.2 Å². The third-order valence-corrected chi connectivity index (χ3v) is 8.69. The Morgan fingerprint density at radius 1 is 1.27 bits per heavy atom. The summed E-state index contributed by atoms with van der Waals surface area (Å²) < 4.78 is 25.2. The maximum Gasteiger partial charge on any atom is 0.226 e. The standard InChI is InChI=1S/C19H26N2O3S2/c1-19(2,3)26(23,24)12-14-6-8-21(9-7-14)18(22)11-15-4-5-17-16(10-15)20-13-25-17/h4-5,10,13-14H,6-9,11-12H2,1-3H3. The molecule has 1 aromatic carbocycles. The number of hydrogen-bond donors (Lipinski definition) is 0. The first kappa shape index (κ1) is 19.3. The molecule has 0 spiro atoms. The van der Waals surface area contributed by atoms with Crippen molar-refractivity contribution in [1.29, 1.82) is 0 Å². The number of piperidine rings is 1. The predicted octanol–water partition coefficient (Wildman–Crippen LogP) is 3.29. The minimum atomic E-state index is -3.11. The van der Waals surface area contributed by atoms with Gasteiger partial charge in [-0.25, -0.2) is 13.4 Å². The summed E-state index contributed by atoms with van der Waals surface area (Å²) in [5.41, 5.74) is 3.73. The summed E-state index contributed by atoms with van der Waals surface area (Å²) in [5.74, 6) is 0.477. The van der Waals surface area contributed by atoms with E-state index in [1.807, 2.05) is 28.6 Å². The van der Waals surface area contributed by atoms with Crippen LogP contribution in [0.1, 0.15) is 39.2 Å². The van der Waals surface area contributed by atoms with Gasteiger partial charge in [-0.1, -0.05) is 6.07 Å². The molecule has 2 heterocycles. The molecule has 1 fully saturated rings. The third kappa shape index (κ3) is 4.26. The van der Waals surface area contributed by atoms with Gasteiger partial charge < -0.3 is 4.90 Å². The zero-order chi connectivity index (χ0) is 18.9. The highest BCUT2D eigenvalue weighted by atomic mass is 32.2. The lowest BCUT2D eigenvalue weighted by atomic mass is 9.98. The van der Waals surface area contributed by atoms with Crippen LogP contribution in [0.5, 0.6) is 0 Å². The summed E-state index contributed by atoms with van der Waals surface area (Å²) >= 11 is 1.59. The minimum Gasteiger partial charge on any atom is -0.342 e. The van der Waals surface area contributed by atoms with Gasteiger partial charge in [-0.3, -0.25) is 4.79 Å². The van der Waals surface area contributed by atoms with Crippen molar-refractivity contribution in [2.45, 2.75) is 44.8 Å². The van der Waals surface area contributed by atoms with Gasteiger partial charge in [0, 0.05) is 13.1 Å². The Morgan fingerprint density at radius 2 is 1.96 bits per heavy atom. The molecule has 1 aliphatic rings. The summed E-state index contributed by atoms with van der Waals surface area (Å²) in [4.78, 5) is 18.7. The van der Waals surface area contributed by atoms with Gasteiger partial charge in [-0.15, -0.1) is 11.3 Å². The molecule has 0 N–H and O–H groups in total. The molecule has 0 bridgehead atoms. The molecule has 0 unspecified atom stereocenters. The topological polar surface area (TPSA) is 67.3 Å². The van der Waals surface area contributed by atoms with E-state index in [1.165, 1.54) is 0 Å². The van der Waals surface area contributed by atoms with Gasteiger partial charge in [0.05, 0.1) is 32.6 Å². The Kier molecular flexibility index (Phi) is 5.40. The molecule has 142 valence electrons. The number of sulfone groups is 1. The molecule has 0 radical (unpaired) electrons. The first-order valence-corrected chi connectivity index (χ1v) is 11.5. The van der Waals surface area contributed by atoms with E-state index in [0.717, 1.165) is 28.6 Å². The van der Waals surface area contributed by atoms with Gasteiger partial charge in [-0.2, -0.15) is 0 Å². The molecular weight excluding hydrogens is 368 g/mol. The quantitative estimate of drug-likeness (QED) is 0.798. The highest BCUT2D eigenvalue weighted by Crippen LogP contribution is 2.25. The van der Waals surface area contributed by atoms with Crippen LogP contribution in [-0.4, -0.2) is 47.8 Å². The molecule has 5 nitrogen and oxygen atoms in total. The molecule has 26 heavy (non-hydrogen) atoms. The fourth-order valence-corrected chi connectivity index (χ4v) is 5.32. The summed E-state index contributed by atoms with van der Waals surface area (Å²) in [6.07, 6.45) is 1.89. The van der Waals surface area contributed by atoms with E-state index in [-0.39, 0.29) is 17.6 Å². The Balaban J connectivity index is 1.55. The van der Waals surface area contributed by atoms with Crippen LogP contribution in [0, 0.1) is 5.92 Å². The summed E-state index contributed by atoms with van der Waals surface area (Å²) in [7, 11) is -3.11.